The van der Waals surface area contributed by atoms with Gasteiger partial charge >= 0.3 is 0 Å². The number of rotatable bonds is 6. The van der Waals surface area contributed by atoms with Gasteiger partial charge in [-0.3, -0.25) is 9.78 Å². The number of amides is 1. The highest BCUT2D eigenvalue weighted by molar-refractivity contribution is 5.98. The molecule has 0 bridgehead atoms. The summed E-state index contributed by atoms with van der Waals surface area (Å²) in [6.07, 6.45) is 1.70. The monoisotopic (exact) mass is 288 g/mol. The highest BCUT2D eigenvalue weighted by Crippen LogP contribution is 2.27. The first kappa shape index (κ1) is 15.1. The van der Waals surface area contributed by atoms with Gasteiger partial charge < -0.3 is 20.7 Å². The van der Waals surface area contributed by atoms with Crippen molar-refractivity contribution in [3.05, 3.63) is 30.5 Å². The number of pyridine rings is 1. The summed E-state index contributed by atoms with van der Waals surface area (Å²) in [6, 6.07) is 7.53. The molecule has 1 aromatic heterocycles. The molecular formula is C15H20N4O2. The van der Waals surface area contributed by atoms with E-state index in [1.54, 1.807) is 13.3 Å². The number of nitrogen functional groups attached to an aromatic ring is 1. The molecule has 6 heteroatoms. The number of ether oxygens (including phenoxy) is 1. The molecule has 21 heavy (non-hydrogen) atoms. The summed E-state index contributed by atoms with van der Waals surface area (Å²) in [5.41, 5.74) is 8.24. The number of nitrogens with zero attached hydrogens (tertiary/aromatic N) is 2. The lowest BCUT2D eigenvalue weighted by molar-refractivity contribution is -0.119. The first-order valence-electron chi connectivity index (χ1n) is 6.73. The van der Waals surface area contributed by atoms with Crippen LogP contribution in [0.5, 0.6) is 0 Å². The molecule has 112 valence electrons. The number of carbonyl (C=O) groups is 1. The number of nitrogens with two attached hydrogens (primary N) is 1. The third kappa shape index (κ3) is 3.61. The second-order valence-electron chi connectivity index (χ2n) is 4.77. The second kappa shape index (κ2) is 6.90. The van der Waals surface area contributed by atoms with Gasteiger partial charge in [0.05, 0.1) is 24.4 Å². The molecule has 0 spiro atoms. The zero-order chi connectivity index (χ0) is 15.2. The number of aromatic nitrogens is 1. The molecular weight excluding hydrogens is 268 g/mol. The van der Waals surface area contributed by atoms with Gasteiger partial charge in [-0.2, -0.15) is 0 Å². The topological polar surface area (TPSA) is 80.5 Å². The molecule has 0 aliphatic carbocycles. The number of nitrogens with one attached hydrogen (secondary N) is 1. The van der Waals surface area contributed by atoms with Crippen LogP contribution in [0.1, 0.15) is 0 Å². The van der Waals surface area contributed by atoms with Crippen molar-refractivity contribution in [2.75, 3.05) is 44.5 Å². The number of methoxy groups -OCH3 is 1. The fraction of sp³-hybridized carbons (Fsp3) is 0.333. The van der Waals surface area contributed by atoms with E-state index in [0.717, 1.165) is 16.6 Å². The molecule has 1 aromatic carbocycles. The van der Waals surface area contributed by atoms with Crippen LogP contribution >= 0.6 is 0 Å². The van der Waals surface area contributed by atoms with Crippen molar-refractivity contribution >= 4 is 28.2 Å². The van der Waals surface area contributed by atoms with E-state index in [1.165, 1.54) is 0 Å². The summed E-state index contributed by atoms with van der Waals surface area (Å²) >= 11 is 0. The van der Waals surface area contributed by atoms with Gasteiger partial charge in [-0.05, 0) is 12.1 Å². The SMILES string of the molecule is COCCNC(=O)CN(C)c1ccnc2c(N)cccc12. The van der Waals surface area contributed by atoms with Crippen molar-refractivity contribution in [3.8, 4) is 0 Å². The van der Waals surface area contributed by atoms with E-state index < -0.39 is 0 Å². The molecule has 1 heterocycles. The first-order chi connectivity index (χ1) is 10.1. The first-order valence-corrected chi connectivity index (χ1v) is 6.73. The van der Waals surface area contributed by atoms with E-state index in [4.69, 9.17) is 10.5 Å². The fourth-order valence-electron chi connectivity index (χ4n) is 2.17. The number of carbonyl (C=O) groups excluding carboxylic acids is 1. The Kier molecular flexibility index (Phi) is 4.94. The van der Waals surface area contributed by atoms with Gasteiger partial charge in [0.2, 0.25) is 5.91 Å². The van der Waals surface area contributed by atoms with Crippen molar-refractivity contribution in [3.63, 3.8) is 0 Å². The van der Waals surface area contributed by atoms with Gasteiger partial charge in [0.25, 0.3) is 0 Å². The molecule has 0 aliphatic heterocycles. The maximum Gasteiger partial charge on any atom is 0.239 e. The summed E-state index contributed by atoms with van der Waals surface area (Å²) < 4.78 is 4.90. The lowest BCUT2D eigenvalue weighted by atomic mass is 10.1. The maximum atomic E-state index is 11.9. The van der Waals surface area contributed by atoms with Gasteiger partial charge in [0, 0.05) is 38.0 Å². The van der Waals surface area contributed by atoms with Crippen LogP contribution in [0, 0.1) is 0 Å². The van der Waals surface area contributed by atoms with Gasteiger partial charge in [-0.15, -0.1) is 0 Å². The number of hydrogen-bond donors (Lipinski definition) is 2. The van der Waals surface area contributed by atoms with E-state index in [9.17, 15) is 4.79 Å². The molecule has 2 aromatic rings. The number of para-hydroxylation sites is 1. The number of likely N-dealkylation sites (N-methyl/N-ethyl adjacent to an activating group) is 1. The van der Waals surface area contributed by atoms with Crippen LogP contribution < -0.4 is 16.0 Å². The van der Waals surface area contributed by atoms with E-state index >= 15 is 0 Å². The van der Waals surface area contributed by atoms with Crippen LogP contribution in [0.3, 0.4) is 0 Å². The van der Waals surface area contributed by atoms with Crippen LogP contribution in [0.2, 0.25) is 0 Å². The van der Waals surface area contributed by atoms with Crippen LogP contribution in [0.4, 0.5) is 11.4 Å². The van der Waals surface area contributed by atoms with E-state index in [0.29, 0.717) is 18.8 Å². The third-order valence-electron chi connectivity index (χ3n) is 3.20. The average molecular weight is 288 g/mol. The molecule has 0 atom stereocenters. The van der Waals surface area contributed by atoms with Gasteiger partial charge in [0.15, 0.2) is 0 Å². The second-order valence-corrected chi connectivity index (χ2v) is 4.77. The quantitative estimate of drug-likeness (QED) is 0.612. The van der Waals surface area contributed by atoms with E-state index in [-0.39, 0.29) is 12.5 Å². The zero-order valence-corrected chi connectivity index (χ0v) is 12.3. The lowest BCUT2D eigenvalue weighted by Gasteiger charge is -2.20. The molecule has 0 saturated carbocycles. The van der Waals surface area contributed by atoms with Crippen LogP contribution in [-0.2, 0) is 9.53 Å². The summed E-state index contributed by atoms with van der Waals surface area (Å²) in [6.45, 7) is 1.27. The predicted octanol–water partition coefficient (Wildman–Crippen LogP) is 1.02. The number of benzene rings is 1. The minimum atomic E-state index is -0.0524. The number of anilines is 2. The molecule has 2 rings (SSSR count). The number of hydrogen-bond acceptors (Lipinski definition) is 5. The Hall–Kier alpha value is -2.34. The van der Waals surface area contributed by atoms with Crippen molar-refractivity contribution in [1.29, 1.82) is 0 Å². The molecule has 0 radical (unpaired) electrons. The van der Waals surface area contributed by atoms with Crippen molar-refractivity contribution < 1.29 is 9.53 Å². The highest BCUT2D eigenvalue weighted by Gasteiger charge is 2.11. The zero-order valence-electron chi connectivity index (χ0n) is 12.3. The standard InChI is InChI=1S/C15H20N4O2/c1-19(10-14(20)17-8-9-21-2)13-6-7-18-15-11(13)4-3-5-12(15)16/h3-7H,8-10,16H2,1-2H3,(H,17,20). The Labute approximate surface area is 123 Å². The Morgan fingerprint density at radius 2 is 2.24 bits per heavy atom. The van der Waals surface area contributed by atoms with E-state index in [1.807, 2.05) is 36.2 Å². The molecule has 6 nitrogen and oxygen atoms in total. The maximum absolute atomic E-state index is 11.9. The molecule has 0 unspecified atom stereocenters. The Balaban J connectivity index is 2.14. The van der Waals surface area contributed by atoms with Gasteiger partial charge in [0.1, 0.15) is 0 Å². The van der Waals surface area contributed by atoms with Crippen LogP contribution in [-0.4, -0.2) is 44.7 Å². The Morgan fingerprint density at radius 1 is 1.43 bits per heavy atom. The smallest absolute Gasteiger partial charge is 0.239 e. The van der Waals surface area contributed by atoms with E-state index in [2.05, 4.69) is 10.3 Å². The van der Waals surface area contributed by atoms with Gasteiger partial charge in [-0.1, -0.05) is 12.1 Å². The molecule has 0 fully saturated rings. The van der Waals surface area contributed by atoms with Crippen LogP contribution in [0.15, 0.2) is 30.5 Å². The predicted molar refractivity (Wildman–Crippen MR) is 84.3 cm³/mol. The van der Waals surface area contributed by atoms with Gasteiger partial charge in [-0.25, -0.2) is 0 Å². The average Bonchev–Trinajstić information content (AvgIpc) is 2.47. The third-order valence-corrected chi connectivity index (χ3v) is 3.20. The molecule has 0 aliphatic rings. The minimum Gasteiger partial charge on any atom is -0.397 e. The largest absolute Gasteiger partial charge is 0.397 e. The normalized spacial score (nSPS) is 10.6. The lowest BCUT2D eigenvalue weighted by Crippen LogP contribution is -2.36. The fourth-order valence-corrected chi connectivity index (χ4v) is 2.17. The summed E-state index contributed by atoms with van der Waals surface area (Å²) in [5, 5.41) is 3.73. The summed E-state index contributed by atoms with van der Waals surface area (Å²) in [4.78, 5) is 18.0. The van der Waals surface area contributed by atoms with Crippen LogP contribution in [0.25, 0.3) is 10.9 Å². The Bertz CT molecular complexity index is 630. The molecule has 0 saturated heterocycles. The minimum absolute atomic E-state index is 0.0524. The number of fused-ring (bicyclic) bond motifs is 1. The Morgan fingerprint density at radius 3 is 3.00 bits per heavy atom. The van der Waals surface area contributed by atoms with Crippen molar-refractivity contribution in [2.24, 2.45) is 0 Å². The summed E-state index contributed by atoms with van der Waals surface area (Å²) in [7, 11) is 3.47. The molecule has 1 amide bonds. The van der Waals surface area contributed by atoms with Crippen molar-refractivity contribution in [1.82, 2.24) is 10.3 Å². The van der Waals surface area contributed by atoms with Crippen molar-refractivity contribution in [2.45, 2.75) is 0 Å². The molecule has 3 N–H and O–H groups in total. The highest BCUT2D eigenvalue weighted by atomic mass is 16.5. The summed E-state index contributed by atoms with van der Waals surface area (Å²) in [5.74, 6) is -0.0524.